The van der Waals surface area contributed by atoms with E-state index in [1.807, 2.05) is 6.92 Å². The van der Waals surface area contributed by atoms with Gasteiger partial charge in [0.1, 0.15) is 0 Å². The summed E-state index contributed by atoms with van der Waals surface area (Å²) in [6.07, 6.45) is 6.57. The van der Waals surface area contributed by atoms with E-state index in [9.17, 15) is 4.57 Å². The highest BCUT2D eigenvalue weighted by atomic mass is 79.9. The van der Waals surface area contributed by atoms with Crippen molar-refractivity contribution in [3.63, 3.8) is 0 Å². The zero-order chi connectivity index (χ0) is 15.9. The molecule has 4 nitrogen and oxygen atoms in total. The summed E-state index contributed by atoms with van der Waals surface area (Å²) in [5, 5.41) is 13.8. The quantitative estimate of drug-likeness (QED) is 0.282. The second-order valence-corrected chi connectivity index (χ2v) is 8.68. The van der Waals surface area contributed by atoms with E-state index in [-0.39, 0.29) is 6.10 Å². The monoisotopic (exact) mass is 437 g/mol. The molecule has 7 heteroatoms. The van der Waals surface area contributed by atoms with Crippen LogP contribution in [-0.2, 0) is 9.09 Å². The van der Waals surface area contributed by atoms with Gasteiger partial charge in [-0.3, -0.25) is 4.57 Å². The van der Waals surface area contributed by atoms with Crippen LogP contribution in [0.5, 0.6) is 0 Å². The van der Waals surface area contributed by atoms with Gasteiger partial charge in [0.05, 0.1) is 6.10 Å². The fourth-order valence-corrected chi connectivity index (χ4v) is 2.76. The van der Waals surface area contributed by atoms with Gasteiger partial charge < -0.3 is 9.63 Å². The van der Waals surface area contributed by atoms with E-state index in [1.165, 1.54) is 20.0 Å². The van der Waals surface area contributed by atoms with Crippen molar-refractivity contribution >= 4 is 39.4 Å². The summed E-state index contributed by atoms with van der Waals surface area (Å²) in [5.41, 5.74) is 0. The molecule has 0 aromatic rings. The lowest BCUT2D eigenvalue weighted by atomic mass is 10.1. The highest BCUT2D eigenvalue weighted by Crippen LogP contribution is 2.35. The molecule has 0 heterocycles. The van der Waals surface area contributed by atoms with Crippen LogP contribution >= 0.6 is 39.4 Å². The van der Waals surface area contributed by atoms with Crippen LogP contribution in [0.1, 0.15) is 45.4 Å². The topological polar surface area (TPSA) is 58.6 Å². The molecule has 0 bridgehead atoms. The van der Waals surface area contributed by atoms with E-state index in [0.29, 0.717) is 0 Å². The molecular formula is C13H30Br2NO3P. The highest BCUT2D eigenvalue weighted by Gasteiger charge is 2.10. The highest BCUT2D eigenvalue weighted by molar-refractivity contribution is 9.09. The Balaban J connectivity index is 0. The third-order valence-corrected chi connectivity index (χ3v) is 5.18. The largest absolute Gasteiger partial charge is 0.393 e. The van der Waals surface area contributed by atoms with Crippen LogP contribution in [0, 0.1) is 0 Å². The van der Waals surface area contributed by atoms with Crippen molar-refractivity contribution in [1.29, 1.82) is 0 Å². The number of aliphatic hydroxyl groups is 1. The minimum absolute atomic E-state index is 0.111. The summed E-state index contributed by atoms with van der Waals surface area (Å²) in [5.74, 6) is 0. The maximum atomic E-state index is 11.2. The van der Waals surface area contributed by atoms with Crippen LogP contribution in [0.2, 0.25) is 0 Å². The normalized spacial score (nSPS) is 15.1. The van der Waals surface area contributed by atoms with Gasteiger partial charge >= 0.3 is 0 Å². The molecule has 2 unspecified atom stereocenters. The molecule has 0 saturated heterocycles. The van der Waals surface area contributed by atoms with Gasteiger partial charge in [0.25, 0.3) is 7.52 Å². The smallest absolute Gasteiger partial charge is 0.266 e. The molecule has 0 aliphatic rings. The molecule has 0 rings (SSSR count). The lowest BCUT2D eigenvalue weighted by molar-refractivity contribution is 0.180. The molecule has 0 spiro atoms. The summed E-state index contributed by atoms with van der Waals surface area (Å²) < 4.78 is 16.0. The average molecular weight is 439 g/mol. The van der Waals surface area contributed by atoms with Crippen LogP contribution in [0.25, 0.3) is 0 Å². The summed E-state index contributed by atoms with van der Waals surface area (Å²) in [4.78, 5) is 0. The molecule has 2 atom stereocenters. The number of nitrogens with one attached hydrogen (secondary N) is 1. The standard InChI is InChI=1S/C7H15BrO.C6H15BrNO2P/c1-7(9)5-3-2-4-6-8;1-10-11(2,9)8-6-4-3-5-7/h7,9H,2-6H2,1H3;3-6H2,1-2H3,(H,8,9). The van der Waals surface area contributed by atoms with Crippen molar-refractivity contribution in [3.05, 3.63) is 0 Å². The van der Waals surface area contributed by atoms with E-state index in [2.05, 4.69) is 36.9 Å². The third-order valence-electron chi connectivity index (χ3n) is 2.56. The number of unbranched alkanes of at least 4 members (excludes halogenated alkanes) is 3. The van der Waals surface area contributed by atoms with Gasteiger partial charge in [-0.1, -0.05) is 44.7 Å². The van der Waals surface area contributed by atoms with Crippen molar-refractivity contribution in [2.75, 3.05) is 31.0 Å². The van der Waals surface area contributed by atoms with Crippen molar-refractivity contribution in [2.24, 2.45) is 0 Å². The van der Waals surface area contributed by atoms with Gasteiger partial charge in [-0.2, -0.15) is 0 Å². The first kappa shape index (κ1) is 23.3. The number of alkyl halides is 2. The number of hydrogen-bond donors (Lipinski definition) is 2. The molecule has 0 aromatic carbocycles. The molecule has 0 aromatic heterocycles. The zero-order valence-electron chi connectivity index (χ0n) is 12.9. The SMILES string of the molecule is CC(O)CCCCCBr.COP(C)(=O)NCCCCBr. The second-order valence-electron chi connectivity index (χ2n) is 4.72. The predicted molar refractivity (Wildman–Crippen MR) is 95.5 cm³/mol. The van der Waals surface area contributed by atoms with Crippen molar-refractivity contribution in [1.82, 2.24) is 5.09 Å². The van der Waals surface area contributed by atoms with Gasteiger partial charge in [0, 0.05) is 31.0 Å². The fourth-order valence-electron chi connectivity index (χ4n) is 1.28. The molecule has 124 valence electrons. The van der Waals surface area contributed by atoms with Gasteiger partial charge in [0.15, 0.2) is 0 Å². The van der Waals surface area contributed by atoms with E-state index >= 15 is 0 Å². The van der Waals surface area contributed by atoms with E-state index in [1.54, 1.807) is 6.66 Å². The molecule has 20 heavy (non-hydrogen) atoms. The van der Waals surface area contributed by atoms with Crippen LogP contribution < -0.4 is 5.09 Å². The first-order valence-corrected chi connectivity index (χ1v) is 11.4. The Kier molecular flexibility index (Phi) is 19.2. The van der Waals surface area contributed by atoms with Crippen molar-refractivity contribution < 1.29 is 14.2 Å². The Bertz CT molecular complexity index is 244. The predicted octanol–water partition coefficient (Wildman–Crippen LogP) is 4.54. The minimum atomic E-state index is -2.48. The van der Waals surface area contributed by atoms with Gasteiger partial charge in [-0.25, -0.2) is 5.09 Å². The molecular weight excluding hydrogens is 409 g/mol. The second kappa shape index (κ2) is 16.4. The van der Waals surface area contributed by atoms with Gasteiger partial charge in [0.2, 0.25) is 0 Å². The zero-order valence-corrected chi connectivity index (χ0v) is 17.0. The van der Waals surface area contributed by atoms with Crippen LogP contribution in [0.3, 0.4) is 0 Å². The molecule has 0 aliphatic heterocycles. The Morgan fingerprint density at radius 3 is 2.15 bits per heavy atom. The van der Waals surface area contributed by atoms with Crippen LogP contribution in [0.4, 0.5) is 0 Å². The summed E-state index contributed by atoms with van der Waals surface area (Å²) >= 11 is 6.67. The number of rotatable bonds is 11. The van der Waals surface area contributed by atoms with Crippen LogP contribution in [0.15, 0.2) is 0 Å². The minimum Gasteiger partial charge on any atom is -0.393 e. The van der Waals surface area contributed by atoms with Crippen molar-refractivity contribution in [2.45, 2.75) is 51.6 Å². The fraction of sp³-hybridized carbons (Fsp3) is 1.00. The Morgan fingerprint density at radius 1 is 1.15 bits per heavy atom. The number of halogens is 2. The number of aliphatic hydroxyl groups excluding tert-OH is 1. The summed E-state index contributed by atoms with van der Waals surface area (Å²) in [6, 6.07) is 0. The lowest BCUT2D eigenvalue weighted by Gasteiger charge is -2.11. The van der Waals surface area contributed by atoms with Crippen LogP contribution in [-0.4, -0.2) is 42.2 Å². The first-order valence-electron chi connectivity index (χ1n) is 7.08. The van der Waals surface area contributed by atoms with E-state index in [0.717, 1.165) is 42.9 Å². The molecule has 2 N–H and O–H groups in total. The molecule has 0 saturated carbocycles. The van der Waals surface area contributed by atoms with E-state index in [4.69, 9.17) is 9.63 Å². The first-order chi connectivity index (χ1) is 9.39. The van der Waals surface area contributed by atoms with Crippen molar-refractivity contribution in [3.8, 4) is 0 Å². The molecule has 0 fully saturated rings. The van der Waals surface area contributed by atoms with Gasteiger partial charge in [-0.15, -0.1) is 0 Å². The summed E-state index contributed by atoms with van der Waals surface area (Å²) in [7, 11) is -1.02. The third kappa shape index (κ3) is 21.4. The molecule has 0 aliphatic carbocycles. The van der Waals surface area contributed by atoms with Gasteiger partial charge in [-0.05, 0) is 32.6 Å². The maximum Gasteiger partial charge on any atom is 0.266 e. The lowest BCUT2D eigenvalue weighted by Crippen LogP contribution is -2.12. The number of hydrogen-bond acceptors (Lipinski definition) is 3. The maximum absolute atomic E-state index is 11.2. The molecule has 0 amide bonds. The van der Waals surface area contributed by atoms with E-state index < -0.39 is 7.52 Å². The Hall–Kier alpha value is 1.07. The molecule has 0 radical (unpaired) electrons. The average Bonchev–Trinajstić information content (AvgIpc) is 2.40. The summed E-state index contributed by atoms with van der Waals surface area (Å²) in [6.45, 7) is 4.18. The Labute approximate surface area is 141 Å². The Morgan fingerprint density at radius 2 is 1.70 bits per heavy atom.